The smallest absolute Gasteiger partial charge is 0.256 e. The van der Waals surface area contributed by atoms with Gasteiger partial charge in [0.05, 0.1) is 7.11 Å². The molecule has 3 N–H and O–H groups in total. The van der Waals surface area contributed by atoms with Crippen LogP contribution in [0.3, 0.4) is 0 Å². The maximum absolute atomic E-state index is 12.3. The van der Waals surface area contributed by atoms with E-state index in [0.717, 1.165) is 10.0 Å². The highest BCUT2D eigenvalue weighted by molar-refractivity contribution is 9.10. The number of carbonyl (C=O) groups is 1. The molecule has 2 aromatic carbocycles. The van der Waals surface area contributed by atoms with Gasteiger partial charge >= 0.3 is 0 Å². The second-order valence-electron chi connectivity index (χ2n) is 5.43. The molecule has 1 amide bonds. The lowest BCUT2D eigenvalue weighted by Crippen LogP contribution is -2.13. The van der Waals surface area contributed by atoms with Crippen molar-refractivity contribution in [3.05, 3.63) is 69.7 Å². The van der Waals surface area contributed by atoms with Crippen LogP contribution in [0, 0.1) is 0 Å². The standard InChI is InChI=1S/C19H15BrClN3O2/c1-26-16-8-4-12(20)10-15(16)14-7-9-17(23-18(14)22)24-19(25)11-2-5-13(21)6-3-11/h2-10H,1H3,(H3,22,23,24,25). The van der Waals surface area contributed by atoms with Gasteiger partial charge in [-0.05, 0) is 54.6 Å². The lowest BCUT2D eigenvalue weighted by molar-refractivity contribution is 0.102. The number of pyridine rings is 1. The van der Waals surface area contributed by atoms with Crippen molar-refractivity contribution >= 4 is 45.1 Å². The number of nitrogen functional groups attached to an aromatic ring is 1. The zero-order valence-corrected chi connectivity index (χ0v) is 16.1. The first-order valence-corrected chi connectivity index (χ1v) is 8.82. The first kappa shape index (κ1) is 18.2. The van der Waals surface area contributed by atoms with Crippen molar-refractivity contribution < 1.29 is 9.53 Å². The Kier molecular flexibility index (Phi) is 5.44. The van der Waals surface area contributed by atoms with E-state index < -0.39 is 0 Å². The van der Waals surface area contributed by atoms with E-state index in [1.165, 1.54) is 0 Å². The number of carbonyl (C=O) groups excluding carboxylic acids is 1. The molecule has 0 aliphatic heterocycles. The van der Waals surface area contributed by atoms with Crippen molar-refractivity contribution in [3.63, 3.8) is 0 Å². The summed E-state index contributed by atoms with van der Waals surface area (Å²) < 4.78 is 6.28. The predicted octanol–water partition coefficient (Wildman–Crippen LogP) is 5.01. The zero-order valence-electron chi connectivity index (χ0n) is 13.8. The molecule has 132 valence electrons. The molecule has 0 bridgehead atoms. The van der Waals surface area contributed by atoms with Crippen LogP contribution in [-0.2, 0) is 0 Å². The van der Waals surface area contributed by atoms with Gasteiger partial charge < -0.3 is 15.8 Å². The van der Waals surface area contributed by atoms with Crippen LogP contribution >= 0.6 is 27.5 Å². The number of benzene rings is 2. The van der Waals surface area contributed by atoms with Gasteiger partial charge in [0, 0.05) is 26.2 Å². The first-order valence-electron chi connectivity index (χ1n) is 7.65. The normalized spacial score (nSPS) is 10.4. The number of halogens is 2. The molecule has 3 rings (SSSR count). The zero-order chi connectivity index (χ0) is 18.7. The monoisotopic (exact) mass is 431 g/mol. The van der Waals surface area contributed by atoms with Crippen LogP contribution in [0.2, 0.25) is 5.02 Å². The molecule has 0 saturated carbocycles. The van der Waals surface area contributed by atoms with Gasteiger partial charge in [-0.1, -0.05) is 27.5 Å². The summed E-state index contributed by atoms with van der Waals surface area (Å²) in [5.41, 5.74) is 8.11. The Morgan fingerprint density at radius 1 is 1.12 bits per heavy atom. The summed E-state index contributed by atoms with van der Waals surface area (Å²) in [6.07, 6.45) is 0. The van der Waals surface area contributed by atoms with E-state index in [2.05, 4.69) is 26.2 Å². The fourth-order valence-corrected chi connectivity index (χ4v) is 2.94. The van der Waals surface area contributed by atoms with Gasteiger partial charge in [0.25, 0.3) is 5.91 Å². The van der Waals surface area contributed by atoms with Crippen molar-refractivity contribution in [3.8, 4) is 16.9 Å². The Hall–Kier alpha value is -2.57. The topological polar surface area (TPSA) is 77.2 Å². The Labute approximate surface area is 164 Å². The summed E-state index contributed by atoms with van der Waals surface area (Å²) in [6.45, 7) is 0. The first-order chi connectivity index (χ1) is 12.5. The second-order valence-corrected chi connectivity index (χ2v) is 6.79. The number of amides is 1. The highest BCUT2D eigenvalue weighted by atomic mass is 79.9. The summed E-state index contributed by atoms with van der Waals surface area (Å²) >= 11 is 9.28. The molecule has 0 atom stereocenters. The number of ether oxygens (including phenoxy) is 1. The third-order valence-corrected chi connectivity index (χ3v) is 4.47. The van der Waals surface area contributed by atoms with Crippen LogP contribution in [0.4, 0.5) is 11.6 Å². The van der Waals surface area contributed by atoms with Gasteiger partial charge in [0.1, 0.15) is 17.4 Å². The van der Waals surface area contributed by atoms with Crippen molar-refractivity contribution in [2.24, 2.45) is 0 Å². The maximum atomic E-state index is 12.3. The van der Waals surface area contributed by atoms with Gasteiger partial charge in [0.2, 0.25) is 0 Å². The molecule has 0 aliphatic carbocycles. The van der Waals surface area contributed by atoms with Gasteiger partial charge in [-0.2, -0.15) is 0 Å². The van der Waals surface area contributed by atoms with E-state index >= 15 is 0 Å². The van der Waals surface area contributed by atoms with Gasteiger partial charge in [-0.3, -0.25) is 4.79 Å². The quantitative estimate of drug-likeness (QED) is 0.608. The third-order valence-electron chi connectivity index (χ3n) is 3.72. The van der Waals surface area contributed by atoms with Crippen molar-refractivity contribution in [2.75, 3.05) is 18.2 Å². The van der Waals surface area contributed by atoms with Crippen LogP contribution in [0.25, 0.3) is 11.1 Å². The van der Waals surface area contributed by atoms with Crippen molar-refractivity contribution in [1.82, 2.24) is 4.98 Å². The molecule has 0 spiro atoms. The molecular formula is C19H15BrClN3O2. The number of anilines is 2. The maximum Gasteiger partial charge on any atom is 0.256 e. The molecular weight excluding hydrogens is 418 g/mol. The van der Waals surface area contributed by atoms with Crippen LogP contribution in [-0.4, -0.2) is 18.0 Å². The number of hydrogen-bond donors (Lipinski definition) is 2. The number of nitrogens with two attached hydrogens (primary N) is 1. The van der Waals surface area contributed by atoms with Crippen LogP contribution in [0.5, 0.6) is 5.75 Å². The average molecular weight is 433 g/mol. The Balaban J connectivity index is 1.87. The molecule has 0 aliphatic rings. The minimum atomic E-state index is -0.290. The van der Waals surface area contributed by atoms with E-state index in [1.807, 2.05) is 18.2 Å². The highest BCUT2D eigenvalue weighted by Crippen LogP contribution is 2.35. The number of nitrogens with zero attached hydrogens (tertiary/aromatic N) is 1. The van der Waals surface area contributed by atoms with Gasteiger partial charge in [-0.15, -0.1) is 0 Å². The summed E-state index contributed by atoms with van der Waals surface area (Å²) in [5, 5.41) is 3.29. The van der Waals surface area contributed by atoms with E-state index in [-0.39, 0.29) is 11.7 Å². The fourth-order valence-electron chi connectivity index (χ4n) is 2.45. The minimum absolute atomic E-state index is 0.287. The Bertz CT molecular complexity index is 961. The molecule has 0 unspecified atom stereocenters. The largest absolute Gasteiger partial charge is 0.496 e. The molecule has 0 radical (unpaired) electrons. The van der Waals surface area contributed by atoms with E-state index in [4.69, 9.17) is 22.1 Å². The summed E-state index contributed by atoms with van der Waals surface area (Å²) in [7, 11) is 1.59. The summed E-state index contributed by atoms with van der Waals surface area (Å²) in [5.74, 6) is 1.04. The van der Waals surface area contributed by atoms with Crippen LogP contribution in [0.1, 0.15) is 10.4 Å². The van der Waals surface area contributed by atoms with Crippen LogP contribution < -0.4 is 15.8 Å². The average Bonchev–Trinajstić information content (AvgIpc) is 2.62. The minimum Gasteiger partial charge on any atom is -0.496 e. The molecule has 7 heteroatoms. The van der Waals surface area contributed by atoms with E-state index in [0.29, 0.717) is 27.7 Å². The highest BCUT2D eigenvalue weighted by Gasteiger charge is 2.13. The van der Waals surface area contributed by atoms with Crippen molar-refractivity contribution in [2.45, 2.75) is 0 Å². The van der Waals surface area contributed by atoms with Crippen molar-refractivity contribution in [1.29, 1.82) is 0 Å². The number of aromatic nitrogens is 1. The lowest BCUT2D eigenvalue weighted by Gasteiger charge is -2.12. The Morgan fingerprint density at radius 3 is 2.50 bits per heavy atom. The van der Waals surface area contributed by atoms with E-state index in [9.17, 15) is 4.79 Å². The lowest BCUT2D eigenvalue weighted by atomic mass is 10.1. The summed E-state index contributed by atoms with van der Waals surface area (Å²) in [6, 6.07) is 15.7. The molecule has 0 saturated heterocycles. The number of methoxy groups -OCH3 is 1. The predicted molar refractivity (Wildman–Crippen MR) is 108 cm³/mol. The third kappa shape index (κ3) is 3.98. The number of hydrogen-bond acceptors (Lipinski definition) is 4. The van der Waals surface area contributed by atoms with Crippen LogP contribution in [0.15, 0.2) is 59.1 Å². The molecule has 1 aromatic heterocycles. The van der Waals surface area contributed by atoms with E-state index in [1.54, 1.807) is 43.5 Å². The van der Waals surface area contributed by atoms with Gasteiger partial charge in [0.15, 0.2) is 0 Å². The number of rotatable bonds is 4. The Morgan fingerprint density at radius 2 is 1.85 bits per heavy atom. The molecule has 0 fully saturated rings. The molecule has 26 heavy (non-hydrogen) atoms. The molecule has 3 aromatic rings. The molecule has 5 nitrogen and oxygen atoms in total. The molecule has 1 heterocycles. The second kappa shape index (κ2) is 7.76. The number of nitrogens with one attached hydrogen (secondary N) is 1. The SMILES string of the molecule is COc1ccc(Br)cc1-c1ccc(NC(=O)c2ccc(Cl)cc2)nc1N. The summed E-state index contributed by atoms with van der Waals surface area (Å²) in [4.78, 5) is 16.6. The fraction of sp³-hybridized carbons (Fsp3) is 0.0526. The van der Waals surface area contributed by atoms with Gasteiger partial charge in [-0.25, -0.2) is 4.98 Å².